The fourth-order valence-corrected chi connectivity index (χ4v) is 1.59. The second-order valence-electron chi connectivity index (χ2n) is 3.17. The van der Waals surface area contributed by atoms with Gasteiger partial charge in [0.1, 0.15) is 5.82 Å². The summed E-state index contributed by atoms with van der Waals surface area (Å²) in [6, 6.07) is 6.87. The molecule has 1 heterocycles. The maximum atomic E-state index is 13.4. The number of benzene rings is 1. The lowest BCUT2D eigenvalue weighted by Crippen LogP contribution is -2.04. The van der Waals surface area contributed by atoms with E-state index in [4.69, 9.17) is 10.2 Å². The number of halogens is 2. The zero-order valence-corrected chi connectivity index (χ0v) is 9.62. The molecule has 0 bridgehead atoms. The molecule has 0 aliphatic heterocycles. The molecule has 82 valence electrons. The number of hydrogen-bond donors (Lipinski definition) is 1. The highest BCUT2D eigenvalue weighted by Gasteiger charge is 2.17. The summed E-state index contributed by atoms with van der Waals surface area (Å²) < 4.78 is 18.9. The Hall–Kier alpha value is -1.62. The van der Waals surface area contributed by atoms with Gasteiger partial charge in [0.05, 0.1) is 5.56 Å². The van der Waals surface area contributed by atoms with E-state index in [0.29, 0.717) is 10.4 Å². The van der Waals surface area contributed by atoms with Crippen LogP contribution in [0.15, 0.2) is 39.4 Å². The SMILES string of the molecule is Nc1ccc(F)c(C(=O)c2ccc(Br)o2)c1. The van der Waals surface area contributed by atoms with Gasteiger partial charge < -0.3 is 10.2 Å². The van der Waals surface area contributed by atoms with Crippen molar-refractivity contribution in [3.8, 4) is 0 Å². The highest BCUT2D eigenvalue weighted by atomic mass is 79.9. The van der Waals surface area contributed by atoms with Crippen molar-refractivity contribution in [1.82, 2.24) is 0 Å². The standard InChI is InChI=1S/C11H7BrFNO2/c12-10-4-3-9(16-10)11(15)7-5-6(14)1-2-8(7)13/h1-5H,14H2. The molecule has 3 nitrogen and oxygen atoms in total. The van der Waals surface area contributed by atoms with Gasteiger partial charge in [-0.05, 0) is 46.3 Å². The van der Waals surface area contributed by atoms with Crippen LogP contribution in [-0.2, 0) is 0 Å². The molecule has 0 saturated heterocycles. The molecule has 16 heavy (non-hydrogen) atoms. The summed E-state index contributed by atoms with van der Waals surface area (Å²) in [6.07, 6.45) is 0. The molecule has 0 unspecified atom stereocenters. The summed E-state index contributed by atoms with van der Waals surface area (Å²) in [6.45, 7) is 0. The monoisotopic (exact) mass is 283 g/mol. The van der Waals surface area contributed by atoms with E-state index in [9.17, 15) is 9.18 Å². The fourth-order valence-electron chi connectivity index (χ4n) is 1.29. The lowest BCUT2D eigenvalue weighted by Gasteiger charge is -2.01. The van der Waals surface area contributed by atoms with Crippen LogP contribution < -0.4 is 5.73 Å². The van der Waals surface area contributed by atoms with Gasteiger partial charge in [0, 0.05) is 5.69 Å². The van der Waals surface area contributed by atoms with Crippen LogP contribution in [0.2, 0.25) is 0 Å². The largest absolute Gasteiger partial charge is 0.446 e. The molecular formula is C11H7BrFNO2. The predicted molar refractivity (Wildman–Crippen MR) is 60.7 cm³/mol. The third-order valence-corrected chi connectivity index (χ3v) is 2.46. The zero-order valence-electron chi connectivity index (χ0n) is 8.04. The van der Waals surface area contributed by atoms with Gasteiger partial charge in [0.2, 0.25) is 5.78 Å². The molecule has 5 heteroatoms. The molecule has 0 aliphatic rings. The number of hydrogen-bond acceptors (Lipinski definition) is 3. The van der Waals surface area contributed by atoms with Crippen molar-refractivity contribution in [1.29, 1.82) is 0 Å². The number of carbonyl (C=O) groups is 1. The van der Waals surface area contributed by atoms with E-state index < -0.39 is 11.6 Å². The number of furan rings is 1. The van der Waals surface area contributed by atoms with Crippen molar-refractivity contribution in [3.05, 3.63) is 52.1 Å². The van der Waals surface area contributed by atoms with Gasteiger partial charge in [-0.15, -0.1) is 0 Å². The minimum Gasteiger partial charge on any atom is -0.446 e. The Balaban J connectivity index is 2.45. The molecule has 0 saturated carbocycles. The highest BCUT2D eigenvalue weighted by molar-refractivity contribution is 9.10. The second-order valence-corrected chi connectivity index (χ2v) is 3.95. The molecule has 1 aromatic carbocycles. The molecule has 0 aliphatic carbocycles. The highest BCUT2D eigenvalue weighted by Crippen LogP contribution is 2.20. The number of nitrogens with two attached hydrogens (primary N) is 1. The van der Waals surface area contributed by atoms with Crippen LogP contribution in [0.5, 0.6) is 0 Å². The predicted octanol–water partition coefficient (Wildman–Crippen LogP) is 2.99. The molecule has 0 atom stereocenters. The summed E-state index contributed by atoms with van der Waals surface area (Å²) >= 11 is 3.07. The average molecular weight is 284 g/mol. The smallest absolute Gasteiger partial charge is 0.231 e. The zero-order chi connectivity index (χ0) is 11.7. The van der Waals surface area contributed by atoms with E-state index in [-0.39, 0.29) is 11.3 Å². The van der Waals surface area contributed by atoms with Crippen LogP contribution in [0.1, 0.15) is 16.1 Å². The summed E-state index contributed by atoms with van der Waals surface area (Å²) in [4.78, 5) is 11.8. The van der Waals surface area contributed by atoms with Gasteiger partial charge in [-0.25, -0.2) is 4.39 Å². The molecule has 0 amide bonds. The number of anilines is 1. The third kappa shape index (κ3) is 1.99. The maximum absolute atomic E-state index is 13.4. The Morgan fingerprint density at radius 1 is 1.31 bits per heavy atom. The summed E-state index contributed by atoms with van der Waals surface area (Å²) in [7, 11) is 0. The molecule has 0 fully saturated rings. The van der Waals surface area contributed by atoms with E-state index in [0.717, 1.165) is 6.07 Å². The van der Waals surface area contributed by atoms with Crippen molar-refractivity contribution in [3.63, 3.8) is 0 Å². The molecule has 2 aromatic rings. The molecule has 2 N–H and O–H groups in total. The Labute approximate surface area is 99.2 Å². The van der Waals surface area contributed by atoms with E-state index >= 15 is 0 Å². The first-order valence-corrected chi connectivity index (χ1v) is 5.22. The minimum absolute atomic E-state index is 0.0661. The number of carbonyl (C=O) groups excluding carboxylic acids is 1. The Bertz CT molecular complexity index is 551. The quantitative estimate of drug-likeness (QED) is 0.681. The van der Waals surface area contributed by atoms with Crippen LogP contribution >= 0.6 is 15.9 Å². The van der Waals surface area contributed by atoms with E-state index in [1.165, 1.54) is 18.2 Å². The van der Waals surface area contributed by atoms with Crippen molar-refractivity contribution < 1.29 is 13.6 Å². The second kappa shape index (κ2) is 4.09. The number of rotatable bonds is 2. The number of ketones is 1. The minimum atomic E-state index is -0.619. The molecular weight excluding hydrogens is 277 g/mol. The summed E-state index contributed by atoms with van der Waals surface area (Å²) in [5.41, 5.74) is 5.72. The average Bonchev–Trinajstić information content (AvgIpc) is 2.67. The number of nitrogen functional groups attached to an aromatic ring is 1. The maximum Gasteiger partial charge on any atom is 0.231 e. The summed E-state index contributed by atoms with van der Waals surface area (Å²) in [5.74, 6) is -1.08. The first-order valence-electron chi connectivity index (χ1n) is 4.43. The van der Waals surface area contributed by atoms with Gasteiger partial charge in [0.15, 0.2) is 10.4 Å². The van der Waals surface area contributed by atoms with Gasteiger partial charge in [-0.3, -0.25) is 4.79 Å². The van der Waals surface area contributed by atoms with Crippen LogP contribution in [0, 0.1) is 5.82 Å². The van der Waals surface area contributed by atoms with Gasteiger partial charge in [0.25, 0.3) is 0 Å². The molecule has 0 spiro atoms. The lowest BCUT2D eigenvalue weighted by molar-refractivity contribution is 0.100. The van der Waals surface area contributed by atoms with Crippen LogP contribution in [0.4, 0.5) is 10.1 Å². The molecule has 0 radical (unpaired) electrons. The van der Waals surface area contributed by atoms with Crippen LogP contribution in [-0.4, -0.2) is 5.78 Å². The summed E-state index contributed by atoms with van der Waals surface area (Å²) in [5, 5.41) is 0. The van der Waals surface area contributed by atoms with Gasteiger partial charge in [-0.2, -0.15) is 0 Å². The van der Waals surface area contributed by atoms with E-state index in [2.05, 4.69) is 15.9 Å². The lowest BCUT2D eigenvalue weighted by atomic mass is 10.1. The van der Waals surface area contributed by atoms with Crippen molar-refractivity contribution in [2.45, 2.75) is 0 Å². The molecule has 1 aromatic heterocycles. The molecule has 2 rings (SSSR count). The van der Waals surface area contributed by atoms with Crippen molar-refractivity contribution >= 4 is 27.4 Å². The van der Waals surface area contributed by atoms with Gasteiger partial charge >= 0.3 is 0 Å². The van der Waals surface area contributed by atoms with E-state index in [1.807, 2.05) is 0 Å². The topological polar surface area (TPSA) is 56.2 Å². The Morgan fingerprint density at radius 3 is 2.69 bits per heavy atom. The Morgan fingerprint density at radius 2 is 2.06 bits per heavy atom. The Kier molecular flexibility index (Phi) is 2.78. The van der Waals surface area contributed by atoms with Gasteiger partial charge in [-0.1, -0.05) is 0 Å². The third-order valence-electron chi connectivity index (χ3n) is 2.03. The first kappa shape index (κ1) is 10.9. The fraction of sp³-hybridized carbons (Fsp3) is 0. The van der Waals surface area contributed by atoms with Crippen molar-refractivity contribution in [2.75, 3.05) is 5.73 Å². The van der Waals surface area contributed by atoms with Crippen molar-refractivity contribution in [2.24, 2.45) is 0 Å². The normalized spacial score (nSPS) is 10.4. The first-order chi connectivity index (χ1) is 7.58. The van der Waals surface area contributed by atoms with E-state index in [1.54, 1.807) is 6.07 Å². The van der Waals surface area contributed by atoms with Crippen LogP contribution in [0.3, 0.4) is 0 Å². The van der Waals surface area contributed by atoms with Crippen LogP contribution in [0.25, 0.3) is 0 Å².